The molecule has 0 spiro atoms. The van der Waals surface area contributed by atoms with Crippen molar-refractivity contribution in [3.8, 4) is 51.7 Å². The first kappa shape index (κ1) is 26.9. The Labute approximate surface area is 249 Å². The molecule has 0 aromatic heterocycles. The average Bonchev–Trinajstić information content (AvgIpc) is 2.96. The minimum atomic E-state index is -0.0467. The van der Waals surface area contributed by atoms with E-state index in [2.05, 4.69) is 0 Å². The fourth-order valence-corrected chi connectivity index (χ4v) is 7.67. The van der Waals surface area contributed by atoms with Crippen LogP contribution in [0, 0.1) is 23.7 Å². The van der Waals surface area contributed by atoms with Gasteiger partial charge in [0.1, 0.15) is 40.2 Å². The Morgan fingerprint density at radius 1 is 0.488 bits per heavy atom. The van der Waals surface area contributed by atoms with E-state index < -0.39 is 0 Å². The van der Waals surface area contributed by atoms with Gasteiger partial charge in [-0.25, -0.2) is 0 Å². The van der Waals surface area contributed by atoms with Crippen molar-refractivity contribution in [1.82, 2.24) is 0 Å². The third kappa shape index (κ3) is 5.16. The molecule has 0 unspecified atom stereocenters. The van der Waals surface area contributed by atoms with Gasteiger partial charge in [-0.15, -0.1) is 0 Å². The van der Waals surface area contributed by atoms with Crippen molar-refractivity contribution in [2.45, 2.75) is 38.0 Å². The van der Waals surface area contributed by atoms with Gasteiger partial charge in [-0.3, -0.25) is 0 Å². The number of hydrogen-bond acceptors (Lipinski definition) is 9. The number of aromatic hydroxyl groups is 3. The van der Waals surface area contributed by atoms with Crippen LogP contribution in [-0.4, -0.2) is 15.3 Å². The van der Waals surface area contributed by atoms with Crippen molar-refractivity contribution in [2.24, 2.45) is 23.7 Å². The zero-order chi connectivity index (χ0) is 29.8. The molecule has 4 aromatic carbocycles. The standard InChI is InChI=1S/C34H35N3O6/c35-25-12-21(1-4-28(25)38)41-31-16-33(43-23-3-6-30(40)27(37)14-23)32(42-22-2-5-29(39)26(36)13-22)15-24(31)34-19-8-17-7-18(10-19)11-20(34)9-17/h1-6,12-20,34,38-40H,7-11,35-37H2. The van der Waals surface area contributed by atoms with Gasteiger partial charge < -0.3 is 46.7 Å². The maximum atomic E-state index is 10.00. The summed E-state index contributed by atoms with van der Waals surface area (Å²) in [7, 11) is 0. The molecular formula is C34H35N3O6. The van der Waals surface area contributed by atoms with E-state index in [0.717, 1.165) is 17.4 Å². The second kappa shape index (κ2) is 10.4. The fraction of sp³-hybridized carbons (Fsp3) is 0.294. The highest BCUT2D eigenvalue weighted by atomic mass is 16.5. The van der Waals surface area contributed by atoms with Crippen molar-refractivity contribution in [3.63, 3.8) is 0 Å². The topological polar surface area (TPSA) is 166 Å². The Bertz CT molecular complexity index is 1680. The van der Waals surface area contributed by atoms with Crippen molar-refractivity contribution in [1.29, 1.82) is 0 Å². The van der Waals surface area contributed by atoms with Gasteiger partial charge in [0.25, 0.3) is 0 Å². The van der Waals surface area contributed by atoms with Gasteiger partial charge >= 0.3 is 0 Å². The molecule has 9 N–H and O–H groups in total. The lowest BCUT2D eigenvalue weighted by atomic mass is 9.50. The summed E-state index contributed by atoms with van der Waals surface area (Å²) >= 11 is 0. The summed E-state index contributed by atoms with van der Waals surface area (Å²) in [5.74, 6) is 5.58. The van der Waals surface area contributed by atoms with Gasteiger partial charge in [0, 0.05) is 29.8 Å². The number of hydrogen-bond donors (Lipinski definition) is 6. The normalized spacial score (nSPS) is 23.7. The highest BCUT2D eigenvalue weighted by Gasteiger charge is 2.49. The van der Waals surface area contributed by atoms with Crippen LogP contribution in [0.3, 0.4) is 0 Å². The van der Waals surface area contributed by atoms with Crippen LogP contribution < -0.4 is 31.4 Å². The van der Waals surface area contributed by atoms with Crippen LogP contribution in [0.25, 0.3) is 0 Å². The van der Waals surface area contributed by atoms with Crippen molar-refractivity contribution in [3.05, 3.63) is 72.3 Å². The number of anilines is 3. The van der Waals surface area contributed by atoms with E-state index in [4.69, 9.17) is 31.4 Å². The molecule has 4 aromatic rings. The Morgan fingerprint density at radius 3 is 1.30 bits per heavy atom. The van der Waals surface area contributed by atoms with Crippen LogP contribution in [-0.2, 0) is 0 Å². The van der Waals surface area contributed by atoms with Gasteiger partial charge in [0.2, 0.25) is 0 Å². The number of phenolic OH excluding ortho intramolecular Hbond substituents is 3. The third-order valence-electron chi connectivity index (χ3n) is 9.34. The first-order valence-electron chi connectivity index (χ1n) is 14.7. The van der Waals surface area contributed by atoms with E-state index in [-0.39, 0.29) is 40.2 Å². The molecule has 9 nitrogen and oxygen atoms in total. The molecule has 4 fully saturated rings. The molecule has 0 radical (unpaired) electrons. The highest BCUT2D eigenvalue weighted by Crippen LogP contribution is 2.62. The second-order valence-electron chi connectivity index (χ2n) is 12.3. The van der Waals surface area contributed by atoms with Crippen LogP contribution in [0.15, 0.2) is 66.7 Å². The SMILES string of the molecule is Nc1cc(Oc2cc(Oc3ccc(O)c(N)c3)c(C3C4CC5CC(C4)CC3C5)cc2Oc2ccc(O)c(N)c2)ccc1O. The number of ether oxygens (including phenoxy) is 3. The number of nitrogens with two attached hydrogens (primary N) is 3. The second-order valence-corrected chi connectivity index (χ2v) is 12.3. The fourth-order valence-electron chi connectivity index (χ4n) is 7.67. The quantitative estimate of drug-likeness (QED) is 0.0958. The predicted molar refractivity (Wildman–Crippen MR) is 164 cm³/mol. The summed E-state index contributed by atoms with van der Waals surface area (Å²) in [4.78, 5) is 0. The van der Waals surface area contributed by atoms with Crippen LogP contribution in [0.4, 0.5) is 17.1 Å². The minimum Gasteiger partial charge on any atom is -0.506 e. The highest BCUT2D eigenvalue weighted by molar-refractivity contribution is 5.61. The van der Waals surface area contributed by atoms with Crippen molar-refractivity contribution < 1.29 is 29.5 Å². The number of nitrogen functional groups attached to an aromatic ring is 3. The lowest BCUT2D eigenvalue weighted by molar-refractivity contribution is -0.00341. The Kier molecular flexibility index (Phi) is 6.53. The summed E-state index contributed by atoms with van der Waals surface area (Å²) in [6.07, 6.45) is 6.17. The van der Waals surface area contributed by atoms with Gasteiger partial charge in [-0.05, 0) is 104 Å². The van der Waals surface area contributed by atoms with Crippen LogP contribution in [0.5, 0.6) is 51.7 Å². The largest absolute Gasteiger partial charge is 0.506 e. The van der Waals surface area contributed by atoms with Crippen LogP contribution in [0.1, 0.15) is 43.6 Å². The zero-order valence-corrected chi connectivity index (χ0v) is 23.6. The first-order chi connectivity index (χ1) is 20.7. The smallest absolute Gasteiger partial charge is 0.173 e. The molecular weight excluding hydrogens is 546 g/mol. The summed E-state index contributed by atoms with van der Waals surface area (Å²) in [6, 6.07) is 17.9. The molecule has 8 rings (SSSR count). The monoisotopic (exact) mass is 581 g/mol. The maximum Gasteiger partial charge on any atom is 0.173 e. The molecule has 4 bridgehead atoms. The third-order valence-corrected chi connectivity index (χ3v) is 9.34. The molecule has 0 heterocycles. The summed E-state index contributed by atoms with van der Waals surface area (Å²) in [6.45, 7) is 0. The molecule has 0 atom stereocenters. The molecule has 0 aliphatic heterocycles. The van der Waals surface area contributed by atoms with Crippen LogP contribution >= 0.6 is 0 Å². The van der Waals surface area contributed by atoms with E-state index in [1.807, 2.05) is 12.1 Å². The van der Waals surface area contributed by atoms with Gasteiger partial charge in [0.15, 0.2) is 11.5 Å². The van der Waals surface area contributed by atoms with E-state index in [9.17, 15) is 15.3 Å². The van der Waals surface area contributed by atoms with Gasteiger partial charge in [0.05, 0.1) is 17.1 Å². The lowest BCUT2D eigenvalue weighted by Crippen LogP contribution is -2.43. The Hall–Kier alpha value is -4.92. The number of phenols is 3. The maximum absolute atomic E-state index is 10.00. The molecule has 0 amide bonds. The molecule has 222 valence electrons. The molecule has 4 saturated carbocycles. The van der Waals surface area contributed by atoms with E-state index >= 15 is 0 Å². The summed E-state index contributed by atoms with van der Waals surface area (Å²) in [5.41, 5.74) is 19.6. The number of benzene rings is 4. The van der Waals surface area contributed by atoms with Crippen LogP contribution in [0.2, 0.25) is 0 Å². The van der Waals surface area contributed by atoms with Gasteiger partial charge in [-0.2, -0.15) is 0 Å². The molecule has 4 aliphatic carbocycles. The Balaban J connectivity index is 1.36. The lowest BCUT2D eigenvalue weighted by Gasteiger charge is -2.54. The summed E-state index contributed by atoms with van der Waals surface area (Å²) < 4.78 is 19.2. The van der Waals surface area contributed by atoms with Crippen molar-refractivity contribution >= 4 is 17.1 Å². The van der Waals surface area contributed by atoms with E-state index in [0.29, 0.717) is 46.3 Å². The Morgan fingerprint density at radius 2 is 0.884 bits per heavy atom. The van der Waals surface area contributed by atoms with Crippen molar-refractivity contribution in [2.75, 3.05) is 17.2 Å². The zero-order valence-electron chi connectivity index (χ0n) is 23.6. The summed E-state index contributed by atoms with van der Waals surface area (Å²) in [5, 5.41) is 29.9. The number of rotatable bonds is 7. The average molecular weight is 582 g/mol. The molecule has 43 heavy (non-hydrogen) atoms. The van der Waals surface area contributed by atoms with E-state index in [1.54, 1.807) is 30.3 Å². The predicted octanol–water partition coefficient (Wildman–Crippen LogP) is 7.47. The first-order valence-corrected chi connectivity index (χ1v) is 14.7. The molecule has 0 saturated heterocycles. The van der Waals surface area contributed by atoms with E-state index in [1.165, 1.54) is 56.4 Å². The minimum absolute atomic E-state index is 0.0144. The molecule has 4 aliphatic rings. The molecule has 9 heteroatoms. The van der Waals surface area contributed by atoms with Gasteiger partial charge in [-0.1, -0.05) is 0 Å².